The molecule has 0 saturated heterocycles. The van der Waals surface area contributed by atoms with Crippen molar-refractivity contribution in [3.05, 3.63) is 46.1 Å². The first-order chi connectivity index (χ1) is 14.3. The molecule has 1 amide bonds. The maximum absolute atomic E-state index is 13.0. The lowest BCUT2D eigenvalue weighted by Gasteiger charge is -2.41. The minimum absolute atomic E-state index is 0.0788. The highest BCUT2D eigenvalue weighted by atomic mass is 35.5. The Labute approximate surface area is 192 Å². The van der Waals surface area contributed by atoms with Crippen LogP contribution in [0.2, 0.25) is 5.02 Å². The average molecular weight is 448 g/mol. The van der Waals surface area contributed by atoms with Crippen LogP contribution in [0.5, 0.6) is 0 Å². The molecule has 1 atom stereocenters. The van der Waals surface area contributed by atoms with Gasteiger partial charge in [-0.2, -0.15) is 0 Å². The molecule has 1 heterocycles. The molecule has 1 aliphatic rings. The summed E-state index contributed by atoms with van der Waals surface area (Å²) in [5.41, 5.74) is 3.31. The molecule has 0 aliphatic carbocycles. The molecule has 1 aliphatic heterocycles. The van der Waals surface area contributed by atoms with Crippen molar-refractivity contribution in [2.75, 3.05) is 6.54 Å². The van der Waals surface area contributed by atoms with Gasteiger partial charge in [0.2, 0.25) is 5.91 Å². The Morgan fingerprint density at radius 1 is 1.26 bits per heavy atom. The van der Waals surface area contributed by atoms with E-state index in [9.17, 15) is 9.59 Å². The largest absolute Gasteiger partial charge is 0.481 e. The second-order valence-corrected chi connectivity index (χ2v) is 11.0. The number of hydrogen-bond donors (Lipinski definition) is 1. The standard InChI is InChI=1S/C26H38ClNO3/c1-18(2)21-17-28(14-8-7-9-24(30)31)23(29)16-26(21,6)20-11-10-19(22(27)15-20)12-13-25(3,4)5/h10-11,15,17-18H,7-9,12-14,16H2,1-6H3,(H,30,31)/t26-/m1/s1. The highest BCUT2D eigenvalue weighted by molar-refractivity contribution is 6.31. The molecule has 1 aromatic carbocycles. The van der Waals surface area contributed by atoms with E-state index < -0.39 is 11.4 Å². The number of carboxylic acid groups (broad SMARTS) is 1. The summed E-state index contributed by atoms with van der Waals surface area (Å²) < 4.78 is 0. The number of carbonyl (C=O) groups excluding carboxylic acids is 1. The molecule has 0 aromatic heterocycles. The number of allylic oxidation sites excluding steroid dienone is 1. The van der Waals surface area contributed by atoms with Crippen molar-refractivity contribution in [3.63, 3.8) is 0 Å². The summed E-state index contributed by atoms with van der Waals surface area (Å²) in [4.78, 5) is 25.5. The van der Waals surface area contributed by atoms with Gasteiger partial charge in [-0.15, -0.1) is 0 Å². The number of amides is 1. The smallest absolute Gasteiger partial charge is 0.303 e. The lowest BCUT2D eigenvalue weighted by atomic mass is 9.68. The quantitative estimate of drug-likeness (QED) is 0.433. The Balaban J connectivity index is 2.26. The number of carbonyl (C=O) groups is 2. The van der Waals surface area contributed by atoms with Gasteiger partial charge in [0.05, 0.1) is 0 Å². The molecule has 31 heavy (non-hydrogen) atoms. The number of aryl methyl sites for hydroxylation is 1. The Bertz CT molecular complexity index is 838. The molecular formula is C26H38ClNO3. The number of carboxylic acids is 1. The Morgan fingerprint density at radius 2 is 1.94 bits per heavy atom. The fourth-order valence-electron chi connectivity index (χ4n) is 4.29. The van der Waals surface area contributed by atoms with Crippen LogP contribution in [0.1, 0.15) is 84.8 Å². The first-order valence-electron chi connectivity index (χ1n) is 11.4. The molecule has 1 N–H and O–H groups in total. The SMILES string of the molecule is CC(C)C1=CN(CCCCC(=O)O)C(=O)C[C@]1(C)c1ccc(CCC(C)(C)C)c(Cl)c1. The zero-order chi connectivity index (χ0) is 23.4. The van der Waals surface area contributed by atoms with E-state index >= 15 is 0 Å². The van der Waals surface area contributed by atoms with E-state index in [-0.39, 0.29) is 23.7 Å². The van der Waals surface area contributed by atoms with Crippen molar-refractivity contribution in [2.45, 2.75) is 85.5 Å². The highest BCUT2D eigenvalue weighted by Gasteiger charge is 2.40. The lowest BCUT2D eigenvalue weighted by molar-refractivity contribution is -0.137. The third kappa shape index (κ3) is 6.83. The van der Waals surface area contributed by atoms with Crippen LogP contribution in [0, 0.1) is 11.3 Å². The van der Waals surface area contributed by atoms with Gasteiger partial charge < -0.3 is 10.0 Å². The monoisotopic (exact) mass is 447 g/mol. The molecule has 0 fully saturated rings. The van der Waals surface area contributed by atoms with E-state index in [0.29, 0.717) is 25.8 Å². The van der Waals surface area contributed by atoms with Crippen LogP contribution < -0.4 is 0 Å². The van der Waals surface area contributed by atoms with Crippen molar-refractivity contribution >= 4 is 23.5 Å². The van der Waals surface area contributed by atoms with Crippen molar-refractivity contribution < 1.29 is 14.7 Å². The summed E-state index contributed by atoms with van der Waals surface area (Å²) in [6.07, 6.45) is 5.80. The summed E-state index contributed by atoms with van der Waals surface area (Å²) in [7, 11) is 0. The average Bonchev–Trinajstić information content (AvgIpc) is 2.64. The van der Waals surface area contributed by atoms with Gasteiger partial charge in [0.25, 0.3) is 0 Å². The van der Waals surface area contributed by atoms with Crippen LogP contribution in [0.3, 0.4) is 0 Å². The second kappa shape index (κ2) is 10.2. The van der Waals surface area contributed by atoms with E-state index in [0.717, 1.165) is 29.0 Å². The van der Waals surface area contributed by atoms with E-state index in [1.54, 1.807) is 4.90 Å². The number of unbranched alkanes of at least 4 members (excludes halogenated alkanes) is 1. The summed E-state index contributed by atoms with van der Waals surface area (Å²) in [6, 6.07) is 6.30. The molecule has 1 aromatic rings. The second-order valence-electron chi connectivity index (χ2n) is 10.6. The highest BCUT2D eigenvalue weighted by Crippen LogP contribution is 2.43. The number of aliphatic carboxylic acids is 1. The van der Waals surface area contributed by atoms with Gasteiger partial charge in [-0.3, -0.25) is 9.59 Å². The zero-order valence-corrected chi connectivity index (χ0v) is 20.7. The Hall–Kier alpha value is -1.81. The van der Waals surface area contributed by atoms with Gasteiger partial charge >= 0.3 is 5.97 Å². The molecule has 5 heteroatoms. The van der Waals surface area contributed by atoms with Gasteiger partial charge in [0.15, 0.2) is 0 Å². The minimum atomic E-state index is -0.793. The summed E-state index contributed by atoms with van der Waals surface area (Å²) in [5, 5.41) is 9.60. The zero-order valence-electron chi connectivity index (χ0n) is 19.9. The maximum Gasteiger partial charge on any atom is 0.303 e. The van der Waals surface area contributed by atoms with Crippen LogP contribution in [0.4, 0.5) is 0 Å². The molecule has 0 saturated carbocycles. The number of halogens is 1. The van der Waals surface area contributed by atoms with Crippen LogP contribution in [0.15, 0.2) is 30.0 Å². The fourth-order valence-corrected chi connectivity index (χ4v) is 4.57. The number of hydrogen-bond acceptors (Lipinski definition) is 2. The van der Waals surface area contributed by atoms with Crippen molar-refractivity contribution in [3.8, 4) is 0 Å². The van der Waals surface area contributed by atoms with Gasteiger partial charge in [-0.25, -0.2) is 0 Å². The van der Waals surface area contributed by atoms with Gasteiger partial charge in [-0.1, -0.05) is 65.3 Å². The third-order valence-corrected chi connectivity index (χ3v) is 6.61. The Morgan fingerprint density at radius 3 is 2.48 bits per heavy atom. The fraction of sp³-hybridized carbons (Fsp3) is 0.615. The van der Waals surface area contributed by atoms with E-state index in [1.807, 2.05) is 12.3 Å². The van der Waals surface area contributed by atoms with E-state index in [4.69, 9.17) is 16.7 Å². The molecular weight excluding hydrogens is 410 g/mol. The van der Waals surface area contributed by atoms with Crippen molar-refractivity contribution in [1.29, 1.82) is 0 Å². The van der Waals surface area contributed by atoms with Gasteiger partial charge in [-0.05, 0) is 59.8 Å². The predicted octanol–water partition coefficient (Wildman–Crippen LogP) is 6.60. The minimum Gasteiger partial charge on any atom is -0.481 e. The summed E-state index contributed by atoms with van der Waals surface area (Å²) in [5.74, 6) is -0.437. The molecule has 2 rings (SSSR count). The number of nitrogens with zero attached hydrogens (tertiary/aromatic N) is 1. The van der Waals surface area contributed by atoms with Gasteiger partial charge in [0.1, 0.15) is 0 Å². The van der Waals surface area contributed by atoms with Crippen LogP contribution in [-0.4, -0.2) is 28.4 Å². The van der Waals surface area contributed by atoms with Crippen molar-refractivity contribution in [2.24, 2.45) is 11.3 Å². The van der Waals surface area contributed by atoms with Crippen LogP contribution in [0.25, 0.3) is 0 Å². The van der Waals surface area contributed by atoms with Crippen LogP contribution in [-0.2, 0) is 21.4 Å². The summed E-state index contributed by atoms with van der Waals surface area (Å²) >= 11 is 6.68. The molecule has 0 bridgehead atoms. The molecule has 0 unspecified atom stereocenters. The van der Waals surface area contributed by atoms with Crippen molar-refractivity contribution in [1.82, 2.24) is 4.90 Å². The maximum atomic E-state index is 13.0. The van der Waals surface area contributed by atoms with E-state index in [1.165, 1.54) is 5.57 Å². The Kier molecular flexibility index (Phi) is 8.38. The van der Waals surface area contributed by atoms with E-state index in [2.05, 4.69) is 53.7 Å². The third-order valence-electron chi connectivity index (χ3n) is 6.25. The lowest BCUT2D eigenvalue weighted by Crippen LogP contribution is -2.42. The summed E-state index contributed by atoms with van der Waals surface area (Å²) in [6.45, 7) is 13.7. The number of rotatable bonds is 9. The topological polar surface area (TPSA) is 57.6 Å². The molecule has 0 radical (unpaired) electrons. The first kappa shape index (κ1) is 25.5. The molecule has 4 nitrogen and oxygen atoms in total. The predicted molar refractivity (Wildman–Crippen MR) is 127 cm³/mol. The number of benzene rings is 1. The normalized spacial score (nSPS) is 19.7. The van der Waals surface area contributed by atoms with Gasteiger partial charge in [0, 0.05) is 36.0 Å². The first-order valence-corrected chi connectivity index (χ1v) is 11.7. The van der Waals surface area contributed by atoms with Crippen LogP contribution >= 0.6 is 11.6 Å². The molecule has 0 spiro atoms. The molecule has 172 valence electrons.